The number of benzene rings is 1. The lowest BCUT2D eigenvalue weighted by atomic mass is 10.1. The van der Waals surface area contributed by atoms with Crippen molar-refractivity contribution >= 4 is 29.5 Å². The molecule has 0 atom stereocenters. The van der Waals surface area contributed by atoms with E-state index in [2.05, 4.69) is 24.6 Å². The minimum absolute atomic E-state index is 0.0911. The van der Waals surface area contributed by atoms with Crippen molar-refractivity contribution in [2.45, 2.75) is 31.6 Å². The van der Waals surface area contributed by atoms with Gasteiger partial charge in [-0.1, -0.05) is 29.6 Å². The second kappa shape index (κ2) is 10.7. The van der Waals surface area contributed by atoms with Gasteiger partial charge in [-0.2, -0.15) is 13.2 Å². The van der Waals surface area contributed by atoms with E-state index >= 15 is 0 Å². The first kappa shape index (κ1) is 25.7. The Labute approximate surface area is 211 Å². The zero-order valence-electron chi connectivity index (χ0n) is 19.7. The smallest absolute Gasteiger partial charge is 0.351 e. The van der Waals surface area contributed by atoms with Gasteiger partial charge < -0.3 is 14.8 Å². The summed E-state index contributed by atoms with van der Waals surface area (Å²) in [7, 11) is 3.92. The highest BCUT2D eigenvalue weighted by molar-refractivity contribution is 7.96. The van der Waals surface area contributed by atoms with E-state index in [1.807, 2.05) is 43.5 Å². The maximum Gasteiger partial charge on any atom is 0.420 e. The molecule has 3 aromatic rings. The topological polar surface area (TPSA) is 62.1 Å². The molecule has 188 valence electrons. The van der Waals surface area contributed by atoms with Crippen molar-refractivity contribution in [2.75, 3.05) is 38.8 Å². The van der Waals surface area contributed by atoms with Crippen LogP contribution < -0.4 is 5.32 Å². The Kier molecular flexibility index (Phi) is 7.89. The van der Waals surface area contributed by atoms with Crippen LogP contribution in [0.1, 0.15) is 24.0 Å². The first-order chi connectivity index (χ1) is 16.6. The maximum absolute atomic E-state index is 13.8. The standard InChI is InChI=1S/C23H27ClF3N7S/c1-32(2)12-15-4-5-20(18(24)10-15)33-13-19(29-14-33)21-17(23(25,26)27)11-28-22(31-21)30-16-6-8-34(35-3)9-7-16/h4-5,10-11,13-14,16H,6-9,12H2,1-3H3,(H,28,30,31). The van der Waals surface area contributed by atoms with Gasteiger partial charge in [-0.25, -0.2) is 15.0 Å². The number of piperidine rings is 1. The van der Waals surface area contributed by atoms with Crippen LogP contribution in [0.4, 0.5) is 19.1 Å². The molecule has 1 aliphatic rings. The molecule has 35 heavy (non-hydrogen) atoms. The fraction of sp³-hybridized carbons (Fsp3) is 0.435. The number of hydrogen-bond acceptors (Lipinski definition) is 7. The Morgan fingerprint density at radius 1 is 1.20 bits per heavy atom. The molecule has 1 N–H and O–H groups in total. The molecule has 0 bridgehead atoms. The highest BCUT2D eigenvalue weighted by Gasteiger charge is 2.36. The molecule has 0 radical (unpaired) electrons. The molecule has 0 unspecified atom stereocenters. The van der Waals surface area contributed by atoms with Crippen molar-refractivity contribution in [3.05, 3.63) is 53.1 Å². The molecule has 0 spiro atoms. The van der Waals surface area contributed by atoms with Crippen LogP contribution in [-0.4, -0.2) is 68.2 Å². The van der Waals surface area contributed by atoms with Crippen LogP contribution in [0.3, 0.4) is 0 Å². The number of alkyl halides is 3. The minimum atomic E-state index is -4.62. The van der Waals surface area contributed by atoms with Gasteiger partial charge in [0.05, 0.1) is 10.7 Å². The molecule has 3 heterocycles. The van der Waals surface area contributed by atoms with Crippen LogP contribution in [0.25, 0.3) is 17.1 Å². The Morgan fingerprint density at radius 3 is 2.57 bits per heavy atom. The zero-order valence-corrected chi connectivity index (χ0v) is 21.3. The predicted octanol–water partition coefficient (Wildman–Crippen LogP) is 5.22. The van der Waals surface area contributed by atoms with Gasteiger partial charge in [-0.05, 0) is 50.9 Å². The molecule has 0 aliphatic carbocycles. The third-order valence-corrected chi connectivity index (χ3v) is 6.94. The van der Waals surface area contributed by atoms with Crippen molar-refractivity contribution in [1.29, 1.82) is 0 Å². The summed E-state index contributed by atoms with van der Waals surface area (Å²) in [4.78, 5) is 14.4. The molecule has 0 saturated carbocycles. The van der Waals surface area contributed by atoms with Gasteiger partial charge in [0.2, 0.25) is 5.95 Å². The van der Waals surface area contributed by atoms with Gasteiger partial charge in [0.25, 0.3) is 0 Å². The van der Waals surface area contributed by atoms with E-state index in [9.17, 15) is 13.2 Å². The first-order valence-corrected chi connectivity index (χ1v) is 12.7. The first-order valence-electron chi connectivity index (χ1n) is 11.1. The van der Waals surface area contributed by atoms with E-state index in [4.69, 9.17) is 11.6 Å². The fourth-order valence-electron chi connectivity index (χ4n) is 4.02. The lowest BCUT2D eigenvalue weighted by Crippen LogP contribution is -2.35. The largest absolute Gasteiger partial charge is 0.420 e. The summed E-state index contributed by atoms with van der Waals surface area (Å²) < 4.78 is 45.2. The second-order valence-corrected chi connectivity index (χ2v) is 9.96. The molecule has 7 nitrogen and oxygen atoms in total. The van der Waals surface area contributed by atoms with E-state index in [1.165, 1.54) is 12.5 Å². The van der Waals surface area contributed by atoms with Gasteiger partial charge in [0.1, 0.15) is 23.3 Å². The summed E-state index contributed by atoms with van der Waals surface area (Å²) in [5.41, 5.74) is 0.537. The van der Waals surface area contributed by atoms with E-state index < -0.39 is 11.7 Å². The molecular weight excluding hydrogens is 499 g/mol. The summed E-state index contributed by atoms with van der Waals surface area (Å²) in [6.45, 7) is 2.51. The molecule has 1 fully saturated rings. The molecule has 12 heteroatoms. The molecule has 1 aliphatic heterocycles. The lowest BCUT2D eigenvalue weighted by Gasteiger charge is -2.30. The third kappa shape index (κ3) is 6.27. The van der Waals surface area contributed by atoms with Gasteiger partial charge in [-0.15, -0.1) is 0 Å². The highest BCUT2D eigenvalue weighted by Crippen LogP contribution is 2.36. The van der Waals surface area contributed by atoms with Gasteiger partial charge in [-0.3, -0.25) is 4.31 Å². The predicted molar refractivity (Wildman–Crippen MR) is 134 cm³/mol. The average molecular weight is 526 g/mol. The highest BCUT2D eigenvalue weighted by atomic mass is 35.5. The number of hydrogen-bond donors (Lipinski definition) is 1. The van der Waals surface area contributed by atoms with Gasteiger partial charge >= 0.3 is 6.18 Å². The van der Waals surface area contributed by atoms with Crippen LogP contribution in [0.15, 0.2) is 36.9 Å². The lowest BCUT2D eigenvalue weighted by molar-refractivity contribution is -0.137. The van der Waals surface area contributed by atoms with Crippen molar-refractivity contribution < 1.29 is 13.2 Å². The Hall–Kier alpha value is -2.34. The summed E-state index contributed by atoms with van der Waals surface area (Å²) in [6, 6.07) is 5.69. The SMILES string of the molecule is CSN1CCC(Nc2ncc(C(F)(F)F)c(-c3cn(-c4ccc(CN(C)C)cc4Cl)cn3)n2)CC1. The number of nitrogens with one attached hydrogen (secondary N) is 1. The van der Waals surface area contributed by atoms with E-state index in [0.717, 1.165) is 44.2 Å². The van der Waals surface area contributed by atoms with E-state index in [1.54, 1.807) is 16.5 Å². The molecular formula is C23H27ClF3N7S. The van der Waals surface area contributed by atoms with Crippen LogP contribution in [0, 0.1) is 0 Å². The van der Waals surface area contributed by atoms with Crippen LogP contribution in [0.2, 0.25) is 5.02 Å². The molecule has 1 aromatic carbocycles. The van der Waals surface area contributed by atoms with Crippen LogP contribution in [0.5, 0.6) is 0 Å². The Bertz CT molecular complexity index is 1160. The fourth-order valence-corrected chi connectivity index (χ4v) is 4.90. The van der Waals surface area contributed by atoms with Crippen molar-refractivity contribution in [2.24, 2.45) is 0 Å². The third-order valence-electron chi connectivity index (χ3n) is 5.75. The summed E-state index contributed by atoms with van der Waals surface area (Å²) in [6.07, 6.45) is 2.90. The Balaban J connectivity index is 1.62. The number of nitrogens with zero attached hydrogens (tertiary/aromatic N) is 6. The number of aromatic nitrogens is 4. The van der Waals surface area contributed by atoms with Gasteiger partial charge in [0, 0.05) is 38.1 Å². The maximum atomic E-state index is 13.8. The normalized spacial score (nSPS) is 15.7. The van der Waals surface area contributed by atoms with Crippen LogP contribution >= 0.6 is 23.5 Å². The molecule has 1 saturated heterocycles. The quantitative estimate of drug-likeness (QED) is 0.424. The van der Waals surface area contributed by atoms with Crippen molar-refractivity contribution in [3.8, 4) is 17.1 Å². The van der Waals surface area contributed by atoms with E-state index in [0.29, 0.717) is 10.7 Å². The van der Waals surface area contributed by atoms with E-state index in [-0.39, 0.29) is 23.4 Å². The molecule has 2 aromatic heterocycles. The number of anilines is 1. The summed E-state index contributed by atoms with van der Waals surface area (Å²) in [5, 5.41) is 3.68. The number of halogens is 4. The van der Waals surface area contributed by atoms with Gasteiger partial charge in [0.15, 0.2) is 0 Å². The zero-order chi connectivity index (χ0) is 25.2. The summed E-state index contributed by atoms with van der Waals surface area (Å²) in [5.74, 6) is 0.163. The monoisotopic (exact) mass is 525 g/mol. The minimum Gasteiger partial charge on any atom is -0.351 e. The molecule has 0 amide bonds. The van der Waals surface area contributed by atoms with Crippen molar-refractivity contribution in [1.82, 2.24) is 28.7 Å². The van der Waals surface area contributed by atoms with Crippen LogP contribution in [-0.2, 0) is 12.7 Å². The number of rotatable bonds is 7. The summed E-state index contributed by atoms with van der Waals surface area (Å²) >= 11 is 8.16. The Morgan fingerprint density at radius 2 is 1.94 bits per heavy atom. The molecule has 4 rings (SSSR count). The average Bonchev–Trinajstić information content (AvgIpc) is 3.28. The van der Waals surface area contributed by atoms with Crippen molar-refractivity contribution in [3.63, 3.8) is 0 Å². The number of imidazole rings is 1. The second-order valence-electron chi connectivity index (χ2n) is 8.67.